The number of nitrogens with one attached hydrogen (secondary N) is 2. The molecule has 0 bridgehead atoms. The Bertz CT molecular complexity index is 1270. The summed E-state index contributed by atoms with van der Waals surface area (Å²) in [7, 11) is 0. The van der Waals surface area contributed by atoms with Gasteiger partial charge in [-0.15, -0.1) is 0 Å². The van der Waals surface area contributed by atoms with Gasteiger partial charge in [0.1, 0.15) is 11.9 Å². The first kappa shape index (κ1) is 18.0. The summed E-state index contributed by atoms with van der Waals surface area (Å²) in [6.07, 6.45) is 0.958. The van der Waals surface area contributed by atoms with Crippen molar-refractivity contribution < 1.29 is 4.74 Å². The molecule has 4 heteroatoms. The van der Waals surface area contributed by atoms with Crippen molar-refractivity contribution in [2.24, 2.45) is 0 Å². The number of ether oxygens (including phenoxy) is 1. The fraction of sp³-hybridized carbons (Fsp3) is 0.240. The van der Waals surface area contributed by atoms with Gasteiger partial charge in [-0.3, -0.25) is 4.79 Å². The lowest BCUT2D eigenvalue weighted by Gasteiger charge is -2.19. The summed E-state index contributed by atoms with van der Waals surface area (Å²) in [5, 5.41) is 7.20. The van der Waals surface area contributed by atoms with E-state index in [4.69, 9.17) is 4.74 Å². The van der Waals surface area contributed by atoms with Crippen LogP contribution in [-0.4, -0.2) is 17.6 Å². The van der Waals surface area contributed by atoms with Crippen molar-refractivity contribution in [3.8, 4) is 5.75 Å². The molecule has 3 aromatic carbocycles. The number of aryl methyl sites for hydroxylation is 1. The van der Waals surface area contributed by atoms with E-state index < -0.39 is 0 Å². The molecule has 0 amide bonds. The van der Waals surface area contributed by atoms with Gasteiger partial charge in [0.15, 0.2) is 0 Å². The molecule has 2 atom stereocenters. The smallest absolute Gasteiger partial charge is 0.248 e. The molecule has 0 fully saturated rings. The molecule has 4 nitrogen and oxygen atoms in total. The second-order valence-corrected chi connectivity index (χ2v) is 7.94. The lowest BCUT2D eigenvalue weighted by molar-refractivity contribution is 0.225. The standard InChI is InChI=1S/C25H24N2O2/c1-15-12-18-13-19(29-25(18)22-10-11-23(28)27-24(15)22)14-26-16(2)20-9-5-7-17-6-3-4-8-21(17)20/h3-12,16,19,26H,13-14H2,1-2H3,(H,27,28). The van der Waals surface area contributed by atoms with E-state index in [9.17, 15) is 4.79 Å². The van der Waals surface area contributed by atoms with Crippen molar-refractivity contribution in [2.45, 2.75) is 32.4 Å². The zero-order chi connectivity index (χ0) is 20.0. The van der Waals surface area contributed by atoms with Gasteiger partial charge in [0.05, 0.1) is 5.52 Å². The highest BCUT2D eigenvalue weighted by molar-refractivity contribution is 5.89. The quantitative estimate of drug-likeness (QED) is 0.539. The summed E-state index contributed by atoms with van der Waals surface area (Å²) >= 11 is 0. The van der Waals surface area contributed by atoms with Crippen LogP contribution in [0.2, 0.25) is 0 Å². The highest BCUT2D eigenvalue weighted by Gasteiger charge is 2.26. The van der Waals surface area contributed by atoms with Crippen LogP contribution in [0.4, 0.5) is 0 Å². The Kier molecular flexibility index (Phi) is 4.36. The number of H-pyrrole nitrogens is 1. The molecule has 0 aliphatic carbocycles. The van der Waals surface area contributed by atoms with E-state index in [2.05, 4.69) is 65.8 Å². The second kappa shape index (κ2) is 7.05. The predicted octanol–water partition coefficient (Wildman–Crippen LogP) is 4.64. The topological polar surface area (TPSA) is 54.1 Å². The van der Waals surface area contributed by atoms with Crippen LogP contribution in [0.3, 0.4) is 0 Å². The Hall–Kier alpha value is -3.11. The van der Waals surface area contributed by atoms with Crippen molar-refractivity contribution in [3.63, 3.8) is 0 Å². The number of fused-ring (bicyclic) bond motifs is 4. The minimum atomic E-state index is -0.0827. The Morgan fingerprint density at radius 1 is 1.10 bits per heavy atom. The van der Waals surface area contributed by atoms with Crippen LogP contribution in [0.5, 0.6) is 5.75 Å². The minimum Gasteiger partial charge on any atom is -0.488 e. The Morgan fingerprint density at radius 2 is 1.93 bits per heavy atom. The van der Waals surface area contributed by atoms with Crippen LogP contribution >= 0.6 is 0 Å². The van der Waals surface area contributed by atoms with Crippen LogP contribution in [0.1, 0.15) is 29.7 Å². The molecule has 29 heavy (non-hydrogen) atoms. The van der Waals surface area contributed by atoms with Crippen LogP contribution in [0, 0.1) is 6.92 Å². The molecular formula is C25H24N2O2. The van der Waals surface area contributed by atoms with Crippen molar-refractivity contribution in [2.75, 3.05) is 6.54 Å². The van der Waals surface area contributed by atoms with Crippen molar-refractivity contribution in [1.29, 1.82) is 0 Å². The normalized spacial score (nSPS) is 16.7. The molecule has 4 aromatic rings. The monoisotopic (exact) mass is 384 g/mol. The summed E-state index contributed by atoms with van der Waals surface area (Å²) in [6.45, 7) is 5.00. The molecule has 0 saturated carbocycles. The second-order valence-electron chi connectivity index (χ2n) is 7.94. The maximum atomic E-state index is 11.7. The zero-order valence-corrected chi connectivity index (χ0v) is 16.7. The third-order valence-electron chi connectivity index (χ3n) is 5.91. The summed E-state index contributed by atoms with van der Waals surface area (Å²) in [4.78, 5) is 14.6. The Morgan fingerprint density at radius 3 is 2.83 bits per heavy atom. The van der Waals surface area contributed by atoms with Gasteiger partial charge >= 0.3 is 0 Å². The molecule has 5 rings (SSSR count). The molecule has 2 unspecified atom stereocenters. The molecule has 0 spiro atoms. The van der Waals surface area contributed by atoms with E-state index in [0.29, 0.717) is 0 Å². The van der Waals surface area contributed by atoms with Crippen LogP contribution < -0.4 is 15.6 Å². The van der Waals surface area contributed by atoms with E-state index in [1.807, 2.05) is 13.0 Å². The van der Waals surface area contributed by atoms with Gasteiger partial charge in [0.25, 0.3) is 0 Å². The average Bonchev–Trinajstić information content (AvgIpc) is 3.14. The van der Waals surface area contributed by atoms with E-state index >= 15 is 0 Å². The third-order valence-corrected chi connectivity index (χ3v) is 5.91. The summed E-state index contributed by atoms with van der Waals surface area (Å²) in [5.74, 6) is 0.909. The number of benzene rings is 3. The number of aromatic nitrogens is 1. The number of rotatable bonds is 4. The third kappa shape index (κ3) is 3.19. The molecule has 0 saturated heterocycles. The lowest BCUT2D eigenvalue weighted by atomic mass is 9.99. The van der Waals surface area contributed by atoms with Gasteiger partial charge < -0.3 is 15.0 Å². The van der Waals surface area contributed by atoms with E-state index in [0.717, 1.165) is 35.2 Å². The highest BCUT2D eigenvalue weighted by atomic mass is 16.5. The van der Waals surface area contributed by atoms with Crippen LogP contribution in [0.15, 0.2) is 65.5 Å². The van der Waals surface area contributed by atoms with Crippen molar-refractivity contribution in [1.82, 2.24) is 10.3 Å². The Balaban J connectivity index is 1.35. The predicted molar refractivity (Wildman–Crippen MR) is 118 cm³/mol. The minimum absolute atomic E-state index is 0.0827. The summed E-state index contributed by atoms with van der Waals surface area (Å²) in [6, 6.07) is 20.8. The SMILES string of the molecule is Cc1cc2c(c3ccc(=O)[nH]c13)OC(CNC(C)c1cccc3ccccc13)C2. The number of pyridine rings is 1. The Labute approximate surface area is 169 Å². The molecule has 146 valence electrons. The summed E-state index contributed by atoms with van der Waals surface area (Å²) < 4.78 is 6.30. The van der Waals surface area contributed by atoms with Gasteiger partial charge in [-0.05, 0) is 47.4 Å². The fourth-order valence-electron chi connectivity index (χ4n) is 4.45. The molecular weight excluding hydrogens is 360 g/mol. The molecule has 2 N–H and O–H groups in total. The largest absolute Gasteiger partial charge is 0.488 e. The van der Waals surface area contributed by atoms with Gasteiger partial charge in [-0.2, -0.15) is 0 Å². The zero-order valence-electron chi connectivity index (χ0n) is 16.7. The first-order chi connectivity index (χ1) is 14.1. The molecule has 0 radical (unpaired) electrons. The highest BCUT2D eigenvalue weighted by Crippen LogP contribution is 2.37. The maximum absolute atomic E-state index is 11.7. The van der Waals surface area contributed by atoms with E-state index in [1.54, 1.807) is 6.07 Å². The number of hydrogen-bond donors (Lipinski definition) is 2. The first-order valence-electron chi connectivity index (χ1n) is 10.1. The number of hydrogen-bond acceptors (Lipinski definition) is 3. The van der Waals surface area contributed by atoms with Crippen molar-refractivity contribution >= 4 is 21.7 Å². The van der Waals surface area contributed by atoms with Crippen molar-refractivity contribution in [3.05, 3.63) is 87.7 Å². The maximum Gasteiger partial charge on any atom is 0.248 e. The summed E-state index contributed by atoms with van der Waals surface area (Å²) in [5.41, 5.74) is 4.39. The average molecular weight is 384 g/mol. The molecule has 2 heterocycles. The fourth-order valence-corrected chi connectivity index (χ4v) is 4.45. The van der Waals surface area contributed by atoms with Crippen LogP contribution in [-0.2, 0) is 6.42 Å². The van der Waals surface area contributed by atoms with Gasteiger partial charge in [0, 0.05) is 30.5 Å². The molecule has 1 aromatic heterocycles. The van der Waals surface area contributed by atoms with Crippen LogP contribution in [0.25, 0.3) is 21.7 Å². The number of aromatic amines is 1. The van der Waals surface area contributed by atoms with Gasteiger partial charge in [-0.1, -0.05) is 48.5 Å². The molecule has 1 aliphatic heterocycles. The van der Waals surface area contributed by atoms with E-state index in [1.165, 1.54) is 21.9 Å². The van der Waals surface area contributed by atoms with Gasteiger partial charge in [-0.25, -0.2) is 0 Å². The lowest BCUT2D eigenvalue weighted by Crippen LogP contribution is -2.32. The molecule has 1 aliphatic rings. The first-order valence-corrected chi connectivity index (χ1v) is 10.1. The van der Waals surface area contributed by atoms with Gasteiger partial charge in [0.2, 0.25) is 5.56 Å². The van der Waals surface area contributed by atoms with E-state index in [-0.39, 0.29) is 17.7 Å².